The second-order valence-electron chi connectivity index (χ2n) is 5.82. The summed E-state index contributed by atoms with van der Waals surface area (Å²) in [6.45, 7) is 3.44. The molecule has 0 fully saturated rings. The lowest BCUT2D eigenvalue weighted by Gasteiger charge is -2.26. The Morgan fingerprint density at radius 1 is 1.42 bits per heavy atom. The Morgan fingerprint density at radius 3 is 2.88 bits per heavy atom. The summed E-state index contributed by atoms with van der Waals surface area (Å²) in [5.41, 5.74) is 1.32. The minimum atomic E-state index is -4.59. The normalized spacial score (nSPS) is 15.4. The summed E-state index contributed by atoms with van der Waals surface area (Å²) < 4.78 is 37.8. The van der Waals surface area contributed by atoms with Crippen LogP contribution in [0.5, 0.6) is 0 Å². The molecule has 1 N–H and O–H groups in total. The van der Waals surface area contributed by atoms with Gasteiger partial charge >= 0.3 is 0 Å². The lowest BCUT2D eigenvalue weighted by atomic mass is 10.1. The van der Waals surface area contributed by atoms with Gasteiger partial charge in [0, 0.05) is 25.9 Å². The lowest BCUT2D eigenvalue weighted by molar-refractivity contribution is 0.215. The molecular formula is C15H18N3O5S-. The van der Waals surface area contributed by atoms with Gasteiger partial charge in [-0.2, -0.15) is 0 Å². The summed E-state index contributed by atoms with van der Waals surface area (Å²) in [6.07, 6.45) is 2.30. The average molecular weight is 352 g/mol. The third kappa shape index (κ3) is 3.58. The van der Waals surface area contributed by atoms with Crippen LogP contribution < -0.4 is 5.56 Å². The van der Waals surface area contributed by atoms with Crippen LogP contribution in [0.4, 0.5) is 0 Å². The van der Waals surface area contributed by atoms with E-state index in [1.807, 2.05) is 11.8 Å². The topological polar surface area (TPSA) is 119 Å². The highest BCUT2D eigenvalue weighted by Gasteiger charge is 2.22. The van der Waals surface area contributed by atoms with E-state index in [0.29, 0.717) is 43.2 Å². The molecule has 0 saturated heterocycles. The summed E-state index contributed by atoms with van der Waals surface area (Å²) >= 11 is 0. The van der Waals surface area contributed by atoms with E-state index in [0.717, 1.165) is 24.6 Å². The number of H-pyrrole nitrogens is 1. The third-order valence-electron chi connectivity index (χ3n) is 3.95. The van der Waals surface area contributed by atoms with E-state index >= 15 is 0 Å². The predicted molar refractivity (Wildman–Crippen MR) is 83.3 cm³/mol. The third-order valence-corrected chi connectivity index (χ3v) is 4.66. The molecule has 3 rings (SSSR count). The van der Waals surface area contributed by atoms with Gasteiger partial charge in [-0.05, 0) is 18.6 Å². The minimum absolute atomic E-state index is 0.129. The van der Waals surface area contributed by atoms with E-state index in [9.17, 15) is 17.8 Å². The van der Waals surface area contributed by atoms with Crippen molar-refractivity contribution in [1.82, 2.24) is 14.9 Å². The second kappa shape index (κ2) is 6.50. The van der Waals surface area contributed by atoms with Crippen molar-refractivity contribution in [3.63, 3.8) is 0 Å². The van der Waals surface area contributed by atoms with Crippen LogP contribution in [0, 0.1) is 0 Å². The molecule has 24 heavy (non-hydrogen) atoms. The van der Waals surface area contributed by atoms with Crippen LogP contribution in [0.15, 0.2) is 26.4 Å². The van der Waals surface area contributed by atoms with Gasteiger partial charge < -0.3 is 14.0 Å². The van der Waals surface area contributed by atoms with E-state index in [1.165, 1.54) is 6.07 Å². The van der Waals surface area contributed by atoms with Gasteiger partial charge in [0.1, 0.15) is 11.6 Å². The SMILES string of the molecule is CCCc1nc2c(c(=O)[nH]1)CN(Cc1ccc(S(=O)(=O)[O-])o1)CC2. The number of hydrogen-bond acceptors (Lipinski definition) is 7. The summed E-state index contributed by atoms with van der Waals surface area (Å²) in [4.78, 5) is 21.5. The number of rotatable bonds is 5. The summed E-state index contributed by atoms with van der Waals surface area (Å²) in [5, 5.41) is -0.585. The minimum Gasteiger partial charge on any atom is -0.742 e. The van der Waals surface area contributed by atoms with Crippen LogP contribution in [-0.4, -0.2) is 34.4 Å². The number of nitrogens with one attached hydrogen (secondary N) is 1. The number of furan rings is 1. The zero-order valence-electron chi connectivity index (χ0n) is 13.2. The standard InChI is InChI=1S/C15H19N3O5S/c1-2-3-13-16-12-6-7-18(9-11(12)15(19)17-13)8-10-4-5-14(23-10)24(20,21)22/h4-5H,2-3,6-9H2,1H3,(H,16,17,19)(H,20,21,22)/p-1. The van der Waals surface area contributed by atoms with E-state index in [4.69, 9.17) is 4.42 Å². The summed E-state index contributed by atoms with van der Waals surface area (Å²) in [6, 6.07) is 2.62. The van der Waals surface area contributed by atoms with Gasteiger partial charge in [0.05, 0.1) is 17.8 Å². The fourth-order valence-corrected chi connectivity index (χ4v) is 3.26. The van der Waals surface area contributed by atoms with Crippen LogP contribution in [0.25, 0.3) is 0 Å². The van der Waals surface area contributed by atoms with E-state index < -0.39 is 15.2 Å². The van der Waals surface area contributed by atoms with E-state index in [-0.39, 0.29) is 5.56 Å². The molecule has 0 unspecified atom stereocenters. The predicted octanol–water partition coefficient (Wildman–Crippen LogP) is 0.778. The second-order valence-corrected chi connectivity index (χ2v) is 7.13. The van der Waals surface area contributed by atoms with Crippen molar-refractivity contribution in [1.29, 1.82) is 0 Å². The molecule has 0 spiro atoms. The quantitative estimate of drug-likeness (QED) is 0.790. The fraction of sp³-hybridized carbons (Fsp3) is 0.467. The largest absolute Gasteiger partial charge is 0.742 e. The molecule has 0 radical (unpaired) electrons. The Morgan fingerprint density at radius 2 is 2.21 bits per heavy atom. The summed E-state index contributed by atoms with van der Waals surface area (Å²) in [5.74, 6) is 1.09. The molecule has 1 aliphatic rings. The Bertz CT molecular complexity index is 900. The van der Waals surface area contributed by atoms with Gasteiger partial charge in [0.15, 0.2) is 10.1 Å². The average Bonchev–Trinajstić information content (AvgIpc) is 2.97. The monoisotopic (exact) mass is 352 g/mol. The number of fused-ring (bicyclic) bond motifs is 1. The van der Waals surface area contributed by atoms with Gasteiger partial charge in [0.2, 0.25) is 5.09 Å². The van der Waals surface area contributed by atoms with Gasteiger partial charge in [-0.3, -0.25) is 9.69 Å². The van der Waals surface area contributed by atoms with Crippen LogP contribution in [-0.2, 0) is 36.0 Å². The number of aromatic amines is 1. The van der Waals surface area contributed by atoms with Gasteiger partial charge in [-0.15, -0.1) is 0 Å². The Kier molecular flexibility index (Phi) is 4.57. The maximum absolute atomic E-state index is 12.2. The first-order valence-electron chi connectivity index (χ1n) is 7.74. The van der Waals surface area contributed by atoms with Crippen molar-refractivity contribution >= 4 is 10.1 Å². The molecule has 1 aliphatic heterocycles. The fourth-order valence-electron chi connectivity index (χ4n) is 2.82. The van der Waals surface area contributed by atoms with Crippen LogP contribution >= 0.6 is 0 Å². The highest BCUT2D eigenvalue weighted by Crippen LogP contribution is 2.19. The molecule has 130 valence electrons. The van der Waals surface area contributed by atoms with Crippen molar-refractivity contribution in [3.05, 3.63) is 45.3 Å². The number of aromatic nitrogens is 2. The highest BCUT2D eigenvalue weighted by molar-refractivity contribution is 7.85. The molecule has 2 aromatic heterocycles. The Labute approximate surface area is 139 Å². The van der Waals surface area contributed by atoms with Crippen LogP contribution in [0.2, 0.25) is 0 Å². The van der Waals surface area contributed by atoms with Crippen molar-refractivity contribution in [2.75, 3.05) is 6.54 Å². The number of aryl methyl sites for hydroxylation is 1. The smallest absolute Gasteiger partial charge is 0.255 e. The molecule has 2 aromatic rings. The molecule has 0 aromatic carbocycles. The van der Waals surface area contributed by atoms with Crippen molar-refractivity contribution in [2.24, 2.45) is 0 Å². The van der Waals surface area contributed by atoms with Crippen molar-refractivity contribution in [2.45, 2.75) is 44.4 Å². The van der Waals surface area contributed by atoms with Crippen LogP contribution in [0.3, 0.4) is 0 Å². The molecule has 0 atom stereocenters. The first kappa shape index (κ1) is 16.9. The van der Waals surface area contributed by atoms with Crippen molar-refractivity contribution < 1.29 is 17.4 Å². The Hall–Kier alpha value is -1.97. The molecule has 8 nitrogen and oxygen atoms in total. The molecule has 0 bridgehead atoms. The van der Waals surface area contributed by atoms with Gasteiger partial charge in [0.25, 0.3) is 5.56 Å². The first-order chi connectivity index (χ1) is 11.4. The van der Waals surface area contributed by atoms with Crippen LogP contribution in [0.1, 0.15) is 36.2 Å². The Balaban J connectivity index is 1.76. The molecule has 3 heterocycles. The molecule has 0 aliphatic carbocycles. The molecular weight excluding hydrogens is 334 g/mol. The van der Waals surface area contributed by atoms with E-state index in [2.05, 4.69) is 9.97 Å². The summed E-state index contributed by atoms with van der Waals surface area (Å²) in [7, 11) is -4.59. The van der Waals surface area contributed by atoms with E-state index in [1.54, 1.807) is 0 Å². The zero-order chi connectivity index (χ0) is 17.3. The molecule has 9 heteroatoms. The number of hydrogen-bond donors (Lipinski definition) is 1. The van der Waals surface area contributed by atoms with Gasteiger partial charge in [-0.25, -0.2) is 13.4 Å². The highest BCUT2D eigenvalue weighted by atomic mass is 32.2. The van der Waals surface area contributed by atoms with Crippen molar-refractivity contribution in [3.8, 4) is 0 Å². The lowest BCUT2D eigenvalue weighted by Crippen LogP contribution is -2.35. The maximum atomic E-state index is 12.2. The number of nitrogens with zero attached hydrogens (tertiary/aromatic N) is 2. The zero-order valence-corrected chi connectivity index (χ0v) is 14.1. The first-order valence-corrected chi connectivity index (χ1v) is 9.15. The molecule has 0 saturated carbocycles. The molecule has 0 amide bonds. The maximum Gasteiger partial charge on any atom is 0.255 e. The van der Waals surface area contributed by atoms with Gasteiger partial charge in [-0.1, -0.05) is 6.92 Å².